The highest BCUT2D eigenvalue weighted by Gasteiger charge is 2.13. The second-order valence-electron chi connectivity index (χ2n) is 5.45. The highest BCUT2D eigenvalue weighted by atomic mass is 16.5. The Morgan fingerprint density at radius 3 is 2.32 bits per heavy atom. The number of hydrogen-bond donors (Lipinski definition) is 2. The highest BCUT2D eigenvalue weighted by Crippen LogP contribution is 2.27. The molecule has 0 aliphatic carbocycles. The summed E-state index contributed by atoms with van der Waals surface area (Å²) >= 11 is 0. The van der Waals surface area contributed by atoms with Crippen molar-refractivity contribution in [3.8, 4) is 11.5 Å². The largest absolute Gasteiger partial charge is 0.493 e. The summed E-state index contributed by atoms with van der Waals surface area (Å²) in [6.07, 6.45) is 0. The predicted octanol–water partition coefficient (Wildman–Crippen LogP) is 2.31. The molecule has 0 bridgehead atoms. The van der Waals surface area contributed by atoms with Gasteiger partial charge in [0.2, 0.25) is 5.91 Å². The van der Waals surface area contributed by atoms with Crippen molar-refractivity contribution in [2.24, 2.45) is 0 Å². The smallest absolute Gasteiger partial charge is 0.251 e. The van der Waals surface area contributed by atoms with E-state index in [0.29, 0.717) is 17.1 Å². The molecule has 0 fully saturated rings. The zero-order valence-electron chi connectivity index (χ0n) is 14.5. The van der Waals surface area contributed by atoms with Gasteiger partial charge in [-0.05, 0) is 30.7 Å². The number of amides is 2. The molecule has 2 rings (SSSR count). The number of ether oxygens (including phenoxy) is 2. The van der Waals surface area contributed by atoms with Crippen LogP contribution < -0.4 is 20.1 Å². The molecule has 0 spiro atoms. The molecule has 2 amide bonds. The van der Waals surface area contributed by atoms with Crippen LogP contribution in [0.15, 0.2) is 48.5 Å². The highest BCUT2D eigenvalue weighted by molar-refractivity contribution is 5.97. The molecule has 1 unspecified atom stereocenters. The molecule has 0 aliphatic heterocycles. The van der Waals surface area contributed by atoms with E-state index >= 15 is 0 Å². The lowest BCUT2D eigenvalue weighted by molar-refractivity contribution is -0.120. The maximum Gasteiger partial charge on any atom is 0.251 e. The van der Waals surface area contributed by atoms with E-state index in [4.69, 9.17) is 9.47 Å². The first-order valence-electron chi connectivity index (χ1n) is 7.89. The van der Waals surface area contributed by atoms with Crippen molar-refractivity contribution in [2.75, 3.05) is 20.8 Å². The molecule has 0 radical (unpaired) electrons. The van der Waals surface area contributed by atoms with E-state index in [1.165, 1.54) is 14.2 Å². The van der Waals surface area contributed by atoms with Gasteiger partial charge in [-0.1, -0.05) is 30.3 Å². The maximum absolute atomic E-state index is 12.2. The zero-order chi connectivity index (χ0) is 18.2. The number of benzene rings is 2. The van der Waals surface area contributed by atoms with Gasteiger partial charge in [0.15, 0.2) is 11.5 Å². The summed E-state index contributed by atoms with van der Waals surface area (Å²) in [4.78, 5) is 24.2. The first-order valence-corrected chi connectivity index (χ1v) is 7.89. The van der Waals surface area contributed by atoms with Crippen LogP contribution in [0.25, 0.3) is 0 Å². The van der Waals surface area contributed by atoms with Gasteiger partial charge in [0.1, 0.15) is 0 Å². The average Bonchev–Trinajstić information content (AvgIpc) is 2.66. The van der Waals surface area contributed by atoms with Crippen LogP contribution in [0, 0.1) is 0 Å². The number of carbonyl (C=O) groups is 2. The van der Waals surface area contributed by atoms with Crippen LogP contribution in [-0.2, 0) is 4.79 Å². The number of carbonyl (C=O) groups excluding carboxylic acids is 2. The fraction of sp³-hybridized carbons (Fsp3) is 0.263. The number of hydrogen-bond acceptors (Lipinski definition) is 4. The second kappa shape index (κ2) is 8.73. The molecule has 0 aromatic heterocycles. The predicted molar refractivity (Wildman–Crippen MR) is 94.9 cm³/mol. The fourth-order valence-electron chi connectivity index (χ4n) is 2.36. The van der Waals surface area contributed by atoms with E-state index in [1.54, 1.807) is 18.2 Å². The van der Waals surface area contributed by atoms with Gasteiger partial charge in [-0.3, -0.25) is 9.59 Å². The van der Waals surface area contributed by atoms with Gasteiger partial charge in [0, 0.05) is 5.56 Å². The summed E-state index contributed by atoms with van der Waals surface area (Å²) in [7, 11) is 3.02. The zero-order valence-corrected chi connectivity index (χ0v) is 14.5. The van der Waals surface area contributed by atoms with Crippen LogP contribution in [0.3, 0.4) is 0 Å². The molecule has 132 valence electrons. The Morgan fingerprint density at radius 1 is 1.00 bits per heavy atom. The van der Waals surface area contributed by atoms with E-state index in [2.05, 4.69) is 10.6 Å². The fourth-order valence-corrected chi connectivity index (χ4v) is 2.36. The van der Waals surface area contributed by atoms with Crippen molar-refractivity contribution in [3.05, 3.63) is 59.7 Å². The van der Waals surface area contributed by atoms with Gasteiger partial charge < -0.3 is 20.1 Å². The first kappa shape index (κ1) is 18.3. The molecular formula is C19H22N2O4. The van der Waals surface area contributed by atoms with E-state index < -0.39 is 0 Å². The van der Waals surface area contributed by atoms with Gasteiger partial charge in [-0.15, -0.1) is 0 Å². The third-order valence-electron chi connectivity index (χ3n) is 3.73. The minimum Gasteiger partial charge on any atom is -0.493 e. The molecular weight excluding hydrogens is 320 g/mol. The lowest BCUT2D eigenvalue weighted by Gasteiger charge is -2.15. The van der Waals surface area contributed by atoms with Crippen LogP contribution in [0.2, 0.25) is 0 Å². The molecule has 0 heterocycles. The van der Waals surface area contributed by atoms with Crippen molar-refractivity contribution >= 4 is 11.8 Å². The summed E-state index contributed by atoms with van der Waals surface area (Å²) in [5.41, 5.74) is 1.39. The van der Waals surface area contributed by atoms with Crippen LogP contribution in [0.4, 0.5) is 0 Å². The number of methoxy groups -OCH3 is 2. The minimum absolute atomic E-state index is 0.107. The Hall–Kier alpha value is -3.02. The molecule has 0 saturated heterocycles. The van der Waals surface area contributed by atoms with Crippen molar-refractivity contribution < 1.29 is 19.1 Å². The Kier molecular flexibility index (Phi) is 6.39. The van der Waals surface area contributed by atoms with Gasteiger partial charge in [0.05, 0.1) is 26.8 Å². The van der Waals surface area contributed by atoms with Gasteiger partial charge in [0.25, 0.3) is 5.91 Å². The summed E-state index contributed by atoms with van der Waals surface area (Å²) < 4.78 is 10.3. The van der Waals surface area contributed by atoms with Crippen molar-refractivity contribution in [2.45, 2.75) is 13.0 Å². The van der Waals surface area contributed by atoms with E-state index in [-0.39, 0.29) is 24.4 Å². The molecule has 1 atom stereocenters. The van der Waals surface area contributed by atoms with Gasteiger partial charge in [-0.25, -0.2) is 0 Å². The molecule has 2 aromatic carbocycles. The van der Waals surface area contributed by atoms with Gasteiger partial charge >= 0.3 is 0 Å². The van der Waals surface area contributed by atoms with Crippen molar-refractivity contribution in [1.82, 2.24) is 10.6 Å². The summed E-state index contributed by atoms with van der Waals surface area (Å²) in [6.45, 7) is 1.79. The normalized spacial score (nSPS) is 11.3. The molecule has 2 N–H and O–H groups in total. The lowest BCUT2D eigenvalue weighted by Crippen LogP contribution is -2.38. The Morgan fingerprint density at radius 2 is 1.68 bits per heavy atom. The number of rotatable bonds is 7. The Labute approximate surface area is 147 Å². The SMILES string of the molecule is COc1ccc(C(=O)NCC(=O)NC(C)c2ccccc2)cc1OC. The van der Waals surface area contributed by atoms with Crippen LogP contribution >= 0.6 is 0 Å². The summed E-state index contributed by atoms with van der Waals surface area (Å²) in [5, 5.41) is 5.44. The quantitative estimate of drug-likeness (QED) is 0.809. The molecule has 6 nitrogen and oxygen atoms in total. The lowest BCUT2D eigenvalue weighted by atomic mass is 10.1. The Bertz CT molecular complexity index is 731. The van der Waals surface area contributed by atoms with Crippen LogP contribution in [0.5, 0.6) is 11.5 Å². The number of nitrogens with one attached hydrogen (secondary N) is 2. The molecule has 6 heteroatoms. The molecule has 0 saturated carbocycles. The molecule has 0 aliphatic rings. The monoisotopic (exact) mass is 342 g/mol. The van der Waals surface area contributed by atoms with Gasteiger partial charge in [-0.2, -0.15) is 0 Å². The van der Waals surface area contributed by atoms with Crippen LogP contribution in [0.1, 0.15) is 28.9 Å². The topological polar surface area (TPSA) is 76.7 Å². The van der Waals surface area contributed by atoms with Crippen molar-refractivity contribution in [3.63, 3.8) is 0 Å². The minimum atomic E-state index is -0.358. The van der Waals surface area contributed by atoms with E-state index in [9.17, 15) is 9.59 Å². The summed E-state index contributed by atoms with van der Waals surface area (Å²) in [5.74, 6) is 0.374. The molecule has 2 aromatic rings. The molecule has 25 heavy (non-hydrogen) atoms. The Balaban J connectivity index is 1.90. The van der Waals surface area contributed by atoms with E-state index in [1.807, 2.05) is 37.3 Å². The standard InChI is InChI=1S/C19H22N2O4/c1-13(14-7-5-4-6-8-14)21-18(22)12-20-19(23)15-9-10-16(24-2)17(11-15)25-3/h4-11,13H,12H2,1-3H3,(H,20,23)(H,21,22). The van der Waals surface area contributed by atoms with E-state index in [0.717, 1.165) is 5.56 Å². The average molecular weight is 342 g/mol. The second-order valence-corrected chi connectivity index (χ2v) is 5.45. The van der Waals surface area contributed by atoms with Crippen LogP contribution in [-0.4, -0.2) is 32.6 Å². The summed E-state index contributed by atoms with van der Waals surface area (Å²) in [6, 6.07) is 14.3. The maximum atomic E-state index is 12.2. The first-order chi connectivity index (χ1) is 12.0. The third-order valence-corrected chi connectivity index (χ3v) is 3.73. The van der Waals surface area contributed by atoms with Crippen molar-refractivity contribution in [1.29, 1.82) is 0 Å². The third kappa shape index (κ3) is 4.97.